The van der Waals surface area contributed by atoms with Gasteiger partial charge in [0.15, 0.2) is 12.0 Å². The summed E-state index contributed by atoms with van der Waals surface area (Å²) < 4.78 is 5.71. The summed E-state index contributed by atoms with van der Waals surface area (Å²) in [5.41, 5.74) is 6.61. The fourth-order valence-electron chi connectivity index (χ4n) is 12.2. The van der Waals surface area contributed by atoms with Gasteiger partial charge in [-0.1, -0.05) is 11.8 Å². The number of nitrogens with two attached hydrogens (primary N) is 3. The summed E-state index contributed by atoms with van der Waals surface area (Å²) in [4.78, 5) is 30.4. The van der Waals surface area contributed by atoms with E-state index >= 15 is 0 Å². The summed E-state index contributed by atoms with van der Waals surface area (Å²) in [5.74, 6) is 10.5. The van der Waals surface area contributed by atoms with Crippen LogP contribution in [0.5, 0.6) is 0 Å². The Labute approximate surface area is 329 Å². The first-order valence-electron chi connectivity index (χ1n) is 22.2. The number of aliphatic imine (C=N–C) groups is 1. The van der Waals surface area contributed by atoms with Crippen LogP contribution in [0.15, 0.2) is 16.6 Å². The first kappa shape index (κ1) is 41.1. The summed E-state index contributed by atoms with van der Waals surface area (Å²) in [6.45, 7) is 3.95. The van der Waals surface area contributed by atoms with Gasteiger partial charge in [-0.15, -0.1) is 4.99 Å². The first-order chi connectivity index (χ1) is 26.6. The van der Waals surface area contributed by atoms with Crippen molar-refractivity contribution in [1.82, 2.24) is 0 Å². The molecular formula is C45H71N4O6+3. The zero-order chi connectivity index (χ0) is 38.5. The van der Waals surface area contributed by atoms with Crippen LogP contribution in [0.25, 0.3) is 0 Å². The maximum Gasteiger partial charge on any atom is 0.176 e. The monoisotopic (exact) mass is 764 g/mol. The van der Waals surface area contributed by atoms with E-state index in [9.17, 15) is 24.9 Å². The standard InChI is InChI=1S/C45H69N4O6/c1-55-41-21-33-7-11-42(53)45(15-12-28(20-43(45)54)2-3-29-18-34-6-10-37(51)23-39(34)48-26-29)16-13-31(38(33)24-40(41)52)4-8-36(50)9-5-32-22-44(46)49-27-35(32)19-30-14-17-47-25-30/h14,17,25,28-29,31-36,38-41,43-44,48-50,52,54H,2-12,15,18-24,26-27,46H2,1H3/q+1/p+2. The number of rotatable bonds is 12. The number of methoxy groups -OCH3 is 1. The van der Waals surface area contributed by atoms with E-state index in [1.54, 1.807) is 7.11 Å². The molecule has 10 heteroatoms. The van der Waals surface area contributed by atoms with E-state index in [2.05, 4.69) is 33.5 Å². The Balaban J connectivity index is 0.986. The lowest BCUT2D eigenvalue weighted by Crippen LogP contribution is -2.96. The second kappa shape index (κ2) is 18.7. The highest BCUT2D eigenvalue weighted by atomic mass is 16.5. The van der Waals surface area contributed by atoms with Crippen LogP contribution in [-0.2, 0) is 14.3 Å². The molecule has 2 saturated heterocycles. The number of nitrogens with zero attached hydrogens (tertiary/aromatic N) is 1. The molecule has 15 atom stereocenters. The molecule has 9 N–H and O–H groups in total. The van der Waals surface area contributed by atoms with Gasteiger partial charge in [-0.25, -0.2) is 0 Å². The zero-order valence-corrected chi connectivity index (χ0v) is 33.4. The average molecular weight is 764 g/mol. The molecule has 3 aliphatic heterocycles. The van der Waals surface area contributed by atoms with Crippen molar-refractivity contribution in [3.8, 4) is 11.8 Å². The van der Waals surface area contributed by atoms with Gasteiger partial charge in [0.1, 0.15) is 29.5 Å². The van der Waals surface area contributed by atoms with E-state index in [1.165, 1.54) is 12.0 Å². The molecule has 0 amide bonds. The summed E-state index contributed by atoms with van der Waals surface area (Å²) >= 11 is 0. The highest BCUT2D eigenvalue weighted by Gasteiger charge is 2.49. The lowest BCUT2D eigenvalue weighted by molar-refractivity contribution is -0.711. The topological polar surface area (TPSA) is 176 Å². The van der Waals surface area contributed by atoms with Crippen molar-refractivity contribution in [3.63, 3.8) is 0 Å². The van der Waals surface area contributed by atoms with Gasteiger partial charge in [-0.3, -0.25) is 15.3 Å². The molecule has 7 rings (SSSR count). The van der Waals surface area contributed by atoms with Crippen LogP contribution in [0.3, 0.4) is 0 Å². The molecular weight excluding hydrogens is 693 g/mol. The van der Waals surface area contributed by atoms with Crippen LogP contribution in [0, 0.1) is 71.1 Å². The lowest BCUT2D eigenvalue weighted by atomic mass is 9.64. The van der Waals surface area contributed by atoms with Crippen molar-refractivity contribution >= 4 is 17.8 Å². The highest BCUT2D eigenvalue weighted by Crippen LogP contribution is 2.47. The minimum absolute atomic E-state index is 0.0726. The van der Waals surface area contributed by atoms with Gasteiger partial charge in [-0.2, -0.15) is 0 Å². The minimum atomic E-state index is -1.04. The molecule has 3 heterocycles. The number of hydrogen-bond acceptors (Lipinski definition) is 8. The number of hydrogen-bond donors (Lipinski definition) is 6. The molecule has 5 fully saturated rings. The number of aliphatic hydroxyl groups is 3. The second-order valence-electron chi connectivity index (χ2n) is 19.1. The molecule has 0 aromatic rings. The van der Waals surface area contributed by atoms with Crippen molar-refractivity contribution in [2.24, 2.45) is 63.5 Å². The smallest absolute Gasteiger partial charge is 0.176 e. The Morgan fingerprint density at radius 3 is 2.58 bits per heavy atom. The fourth-order valence-corrected chi connectivity index (χ4v) is 12.2. The number of aliphatic hydroxyl groups excluding tert-OH is 3. The SMILES string of the molecule is COC1CC2CCC(=O)C3(C#CC(CCC(O)CCC4CC(N)[NH2+]CC4CC4=C[CH+]N=C4)C2CC1O)CCC(CCC1C[NH2+]C2CC(=O)CCC2C1)CC3O. The maximum atomic E-state index is 14.2. The van der Waals surface area contributed by atoms with Crippen molar-refractivity contribution < 1.29 is 40.3 Å². The summed E-state index contributed by atoms with van der Waals surface area (Å²) in [6, 6.07) is 0.480. The van der Waals surface area contributed by atoms with Gasteiger partial charge < -0.3 is 30.7 Å². The predicted octanol–water partition coefficient (Wildman–Crippen LogP) is 2.59. The molecule has 4 aliphatic carbocycles. The molecule has 3 saturated carbocycles. The van der Waals surface area contributed by atoms with Gasteiger partial charge >= 0.3 is 0 Å². The van der Waals surface area contributed by atoms with E-state index in [4.69, 9.17) is 10.5 Å². The largest absolute Gasteiger partial charge is 0.393 e. The van der Waals surface area contributed by atoms with Gasteiger partial charge in [0, 0.05) is 56.5 Å². The number of quaternary nitrogens is 2. The van der Waals surface area contributed by atoms with Gasteiger partial charge in [-0.05, 0) is 114 Å². The van der Waals surface area contributed by atoms with Crippen molar-refractivity contribution in [1.29, 1.82) is 0 Å². The number of allylic oxidation sites excluding steroid dienone is 1. The number of fused-ring (bicyclic) bond motifs is 2. The lowest BCUT2D eigenvalue weighted by Gasteiger charge is -2.41. The minimum Gasteiger partial charge on any atom is -0.393 e. The normalized spacial score (nSPS) is 42.5. The fraction of sp³-hybridized carbons (Fsp3) is 0.822. The van der Waals surface area contributed by atoms with Crippen LogP contribution < -0.4 is 16.4 Å². The molecule has 7 aliphatic rings. The molecule has 1 spiro atoms. The summed E-state index contributed by atoms with van der Waals surface area (Å²) in [7, 11) is 1.66. The maximum absolute atomic E-state index is 14.2. The van der Waals surface area contributed by atoms with Crippen LogP contribution in [0.2, 0.25) is 0 Å². The number of piperidine rings is 2. The third-order valence-electron chi connectivity index (χ3n) is 15.7. The molecule has 304 valence electrons. The van der Waals surface area contributed by atoms with Gasteiger partial charge in [0.2, 0.25) is 0 Å². The van der Waals surface area contributed by atoms with Gasteiger partial charge in [0.25, 0.3) is 0 Å². The molecule has 0 radical (unpaired) electrons. The number of ether oxygens (including phenoxy) is 1. The Bertz CT molecular complexity index is 1460. The van der Waals surface area contributed by atoms with Crippen LogP contribution in [0.4, 0.5) is 0 Å². The zero-order valence-electron chi connectivity index (χ0n) is 33.4. The van der Waals surface area contributed by atoms with E-state index in [1.807, 2.05) is 12.8 Å². The van der Waals surface area contributed by atoms with E-state index in [0.29, 0.717) is 92.8 Å². The molecule has 10 nitrogen and oxygen atoms in total. The Morgan fingerprint density at radius 2 is 1.78 bits per heavy atom. The van der Waals surface area contributed by atoms with Crippen LogP contribution in [-0.4, -0.2) is 89.9 Å². The molecule has 0 aromatic carbocycles. The molecule has 0 bridgehead atoms. The van der Waals surface area contributed by atoms with E-state index in [0.717, 1.165) is 77.3 Å². The predicted molar refractivity (Wildman–Crippen MR) is 211 cm³/mol. The van der Waals surface area contributed by atoms with E-state index in [-0.39, 0.29) is 35.8 Å². The number of Topliss-reactive ketones (excluding diaryl/α,β-unsaturated/α-hetero) is 2. The van der Waals surface area contributed by atoms with Crippen LogP contribution >= 0.6 is 0 Å². The summed E-state index contributed by atoms with van der Waals surface area (Å²) in [5, 5.41) is 39.1. The Kier molecular flexibility index (Phi) is 13.9. The van der Waals surface area contributed by atoms with E-state index < -0.39 is 23.7 Å². The second-order valence-corrected chi connectivity index (χ2v) is 19.1. The van der Waals surface area contributed by atoms with Crippen molar-refractivity contribution in [2.75, 3.05) is 20.2 Å². The Hall–Kier alpha value is -2.10. The quantitative estimate of drug-likeness (QED) is 0.131. The third-order valence-corrected chi connectivity index (χ3v) is 15.7. The molecule has 55 heavy (non-hydrogen) atoms. The number of carbonyl (C=O) groups excluding carboxylic acids is 2. The first-order valence-corrected chi connectivity index (χ1v) is 22.2. The number of ketones is 2. The number of carbonyl (C=O) groups is 2. The Morgan fingerprint density at radius 1 is 0.964 bits per heavy atom. The van der Waals surface area contributed by atoms with Gasteiger partial charge in [0.05, 0.1) is 56.0 Å². The highest BCUT2D eigenvalue weighted by molar-refractivity contribution is 5.89. The van der Waals surface area contributed by atoms with Crippen molar-refractivity contribution in [3.05, 3.63) is 18.2 Å². The third kappa shape index (κ3) is 9.96. The van der Waals surface area contributed by atoms with Crippen molar-refractivity contribution in [2.45, 2.75) is 159 Å². The summed E-state index contributed by atoms with van der Waals surface area (Å²) in [6.07, 6.45) is 17.5. The molecule has 15 unspecified atom stereocenters. The average Bonchev–Trinajstić information content (AvgIpc) is 3.71. The molecule has 0 aromatic heterocycles. The van der Waals surface area contributed by atoms with Crippen LogP contribution in [0.1, 0.15) is 122 Å².